The SMILES string of the molecule is CC1=CC2C(C(=O)C(O)=C1)C(N=O)=C(N=O)C(C)C2C. The van der Waals surface area contributed by atoms with Crippen molar-refractivity contribution in [2.75, 3.05) is 0 Å². The Bertz CT molecular complexity index is 574. The Kier molecular flexibility index (Phi) is 3.65. The number of allylic oxidation sites excluding steroid dienone is 6. The van der Waals surface area contributed by atoms with Crippen LogP contribution in [-0.2, 0) is 4.79 Å². The molecule has 0 fully saturated rings. The molecule has 20 heavy (non-hydrogen) atoms. The fourth-order valence-electron chi connectivity index (χ4n) is 3.04. The van der Waals surface area contributed by atoms with E-state index in [1.807, 2.05) is 13.0 Å². The monoisotopic (exact) mass is 276 g/mol. The first-order chi connectivity index (χ1) is 9.42. The fourth-order valence-corrected chi connectivity index (χ4v) is 3.04. The van der Waals surface area contributed by atoms with Crippen LogP contribution in [0.4, 0.5) is 0 Å². The first kappa shape index (κ1) is 14.3. The number of rotatable bonds is 2. The van der Waals surface area contributed by atoms with Gasteiger partial charge in [0.25, 0.3) is 0 Å². The molecule has 0 spiro atoms. The average Bonchev–Trinajstić information content (AvgIpc) is 2.52. The first-order valence-electron chi connectivity index (χ1n) is 6.46. The zero-order valence-electron chi connectivity index (χ0n) is 11.5. The fraction of sp³-hybridized carbons (Fsp3) is 0.500. The molecule has 0 radical (unpaired) electrons. The van der Waals surface area contributed by atoms with E-state index in [4.69, 9.17) is 0 Å². The lowest BCUT2D eigenvalue weighted by molar-refractivity contribution is -0.122. The molecule has 0 amide bonds. The predicted molar refractivity (Wildman–Crippen MR) is 73.4 cm³/mol. The van der Waals surface area contributed by atoms with Crippen LogP contribution < -0.4 is 0 Å². The minimum atomic E-state index is -0.930. The highest BCUT2D eigenvalue weighted by molar-refractivity contribution is 5.98. The highest BCUT2D eigenvalue weighted by Gasteiger charge is 2.46. The van der Waals surface area contributed by atoms with Crippen LogP contribution in [-0.4, -0.2) is 10.9 Å². The maximum atomic E-state index is 12.3. The molecule has 0 heterocycles. The van der Waals surface area contributed by atoms with Gasteiger partial charge in [-0.15, -0.1) is 9.81 Å². The van der Waals surface area contributed by atoms with Crippen molar-refractivity contribution in [1.82, 2.24) is 0 Å². The number of nitroso groups, excluding NO2 is 2. The molecule has 2 aliphatic carbocycles. The normalized spacial score (nSPS) is 33.9. The number of ketones is 1. The summed E-state index contributed by atoms with van der Waals surface area (Å²) in [5, 5.41) is 15.5. The Morgan fingerprint density at radius 1 is 1.15 bits per heavy atom. The molecular formula is C14H16N2O4. The molecule has 2 rings (SSSR count). The van der Waals surface area contributed by atoms with Gasteiger partial charge in [0.05, 0.1) is 5.92 Å². The topological polar surface area (TPSA) is 96.2 Å². The Morgan fingerprint density at radius 3 is 2.30 bits per heavy atom. The second kappa shape index (κ2) is 5.11. The summed E-state index contributed by atoms with van der Waals surface area (Å²) in [6.07, 6.45) is 3.22. The average molecular weight is 276 g/mol. The largest absolute Gasteiger partial charge is 0.504 e. The van der Waals surface area contributed by atoms with Crippen LogP contribution in [0.1, 0.15) is 20.8 Å². The van der Waals surface area contributed by atoms with Crippen LogP contribution in [0, 0.1) is 33.5 Å². The van der Waals surface area contributed by atoms with Gasteiger partial charge in [-0.25, -0.2) is 0 Å². The van der Waals surface area contributed by atoms with Gasteiger partial charge in [0.2, 0.25) is 5.78 Å². The minimum Gasteiger partial charge on any atom is -0.504 e. The molecule has 0 aliphatic heterocycles. The van der Waals surface area contributed by atoms with Gasteiger partial charge in [0.15, 0.2) is 5.76 Å². The second-order valence-corrected chi connectivity index (χ2v) is 5.46. The molecule has 0 aromatic carbocycles. The summed E-state index contributed by atoms with van der Waals surface area (Å²) < 4.78 is 0. The molecular weight excluding hydrogens is 260 g/mol. The molecule has 0 saturated carbocycles. The van der Waals surface area contributed by atoms with E-state index in [-0.39, 0.29) is 29.1 Å². The van der Waals surface area contributed by atoms with Crippen molar-refractivity contribution in [3.8, 4) is 0 Å². The van der Waals surface area contributed by atoms with Gasteiger partial charge >= 0.3 is 0 Å². The Labute approximate surface area is 116 Å². The predicted octanol–water partition coefficient (Wildman–Crippen LogP) is 3.22. The van der Waals surface area contributed by atoms with E-state index in [0.717, 1.165) is 5.57 Å². The molecule has 6 nitrogen and oxygen atoms in total. The standard InChI is InChI=1S/C14H16N2O4/c1-6-4-9-7(2)8(3)12(15-19)13(16-20)11(9)14(18)10(17)5-6/h4-5,7-9,11,17H,1-3H3. The molecule has 0 saturated heterocycles. The number of aliphatic hydroxyl groups is 1. The highest BCUT2D eigenvalue weighted by Crippen LogP contribution is 2.46. The van der Waals surface area contributed by atoms with Gasteiger partial charge in [-0.05, 0) is 35.2 Å². The number of fused-ring (bicyclic) bond motifs is 1. The minimum absolute atomic E-state index is 0.0165. The summed E-state index contributed by atoms with van der Waals surface area (Å²) in [4.78, 5) is 34.4. The molecule has 0 aromatic heterocycles. The van der Waals surface area contributed by atoms with Crippen molar-refractivity contribution in [3.63, 3.8) is 0 Å². The summed E-state index contributed by atoms with van der Waals surface area (Å²) in [7, 11) is 0. The lowest BCUT2D eigenvalue weighted by Crippen LogP contribution is -2.37. The summed E-state index contributed by atoms with van der Waals surface area (Å²) in [5.41, 5.74) is 0.615. The molecule has 0 bridgehead atoms. The Balaban J connectivity index is 2.69. The second-order valence-electron chi connectivity index (χ2n) is 5.46. The number of nitrogens with zero attached hydrogens (tertiary/aromatic N) is 2. The van der Waals surface area contributed by atoms with Gasteiger partial charge < -0.3 is 5.11 Å². The maximum absolute atomic E-state index is 12.3. The summed E-state index contributed by atoms with van der Waals surface area (Å²) in [6.45, 7) is 5.46. The maximum Gasteiger partial charge on any atom is 0.206 e. The molecule has 6 heteroatoms. The third-order valence-electron chi connectivity index (χ3n) is 4.32. The number of Topliss-reactive ketones (excluding diaryl/α,β-unsaturated/α-hetero) is 1. The van der Waals surface area contributed by atoms with Crippen molar-refractivity contribution in [2.45, 2.75) is 20.8 Å². The first-order valence-corrected chi connectivity index (χ1v) is 6.46. The summed E-state index contributed by atoms with van der Waals surface area (Å²) in [5.74, 6) is -2.54. The molecule has 2 aliphatic rings. The van der Waals surface area contributed by atoms with Crippen LogP contribution >= 0.6 is 0 Å². The van der Waals surface area contributed by atoms with Gasteiger partial charge in [-0.1, -0.05) is 25.5 Å². The lowest BCUT2D eigenvalue weighted by atomic mass is 9.67. The Hall–Kier alpha value is -2.11. The molecule has 4 atom stereocenters. The number of carbonyl (C=O) groups is 1. The van der Waals surface area contributed by atoms with Gasteiger partial charge in [-0.2, -0.15) is 0 Å². The number of hydrogen-bond acceptors (Lipinski definition) is 6. The number of aliphatic hydroxyl groups excluding tert-OH is 1. The molecule has 1 N–H and O–H groups in total. The van der Waals surface area contributed by atoms with E-state index < -0.39 is 17.5 Å². The van der Waals surface area contributed by atoms with Crippen LogP contribution in [0.15, 0.2) is 45.2 Å². The van der Waals surface area contributed by atoms with E-state index in [1.165, 1.54) is 6.08 Å². The van der Waals surface area contributed by atoms with Crippen molar-refractivity contribution in [3.05, 3.63) is 44.7 Å². The van der Waals surface area contributed by atoms with Crippen LogP contribution in [0.5, 0.6) is 0 Å². The molecule has 106 valence electrons. The third-order valence-corrected chi connectivity index (χ3v) is 4.32. The van der Waals surface area contributed by atoms with Crippen molar-refractivity contribution in [1.29, 1.82) is 0 Å². The highest BCUT2D eigenvalue weighted by atomic mass is 16.3. The zero-order chi connectivity index (χ0) is 15.0. The Morgan fingerprint density at radius 2 is 1.75 bits per heavy atom. The zero-order valence-corrected chi connectivity index (χ0v) is 11.5. The van der Waals surface area contributed by atoms with E-state index in [1.54, 1.807) is 13.8 Å². The molecule has 0 aromatic rings. The van der Waals surface area contributed by atoms with E-state index in [9.17, 15) is 19.7 Å². The van der Waals surface area contributed by atoms with Crippen molar-refractivity contribution >= 4 is 5.78 Å². The number of hydrogen-bond donors (Lipinski definition) is 1. The van der Waals surface area contributed by atoms with E-state index >= 15 is 0 Å². The van der Waals surface area contributed by atoms with Gasteiger partial charge in [0, 0.05) is 5.92 Å². The van der Waals surface area contributed by atoms with Crippen molar-refractivity contribution < 1.29 is 9.90 Å². The van der Waals surface area contributed by atoms with Crippen LogP contribution in [0.25, 0.3) is 0 Å². The van der Waals surface area contributed by atoms with Crippen LogP contribution in [0.3, 0.4) is 0 Å². The number of carbonyl (C=O) groups excluding carboxylic acids is 1. The summed E-state index contributed by atoms with van der Waals surface area (Å²) in [6, 6.07) is 0. The van der Waals surface area contributed by atoms with E-state index in [2.05, 4.69) is 10.4 Å². The van der Waals surface area contributed by atoms with Gasteiger partial charge in [0.1, 0.15) is 11.4 Å². The smallest absolute Gasteiger partial charge is 0.206 e. The van der Waals surface area contributed by atoms with Crippen LogP contribution in [0.2, 0.25) is 0 Å². The van der Waals surface area contributed by atoms with Gasteiger partial charge in [-0.3, -0.25) is 4.79 Å². The van der Waals surface area contributed by atoms with E-state index in [0.29, 0.717) is 0 Å². The van der Waals surface area contributed by atoms with Crippen molar-refractivity contribution in [2.24, 2.45) is 34.0 Å². The molecule has 4 unspecified atom stereocenters. The summed E-state index contributed by atoms with van der Waals surface area (Å²) >= 11 is 0. The third kappa shape index (κ3) is 2.01. The lowest BCUT2D eigenvalue weighted by Gasteiger charge is -2.36. The quantitative estimate of drug-likeness (QED) is 0.783.